The molecule has 0 aliphatic rings. The molecule has 150 valence electrons. The minimum absolute atomic E-state index is 0.193. The second kappa shape index (κ2) is 9.05. The van der Waals surface area contributed by atoms with Crippen LogP contribution in [0.4, 0.5) is 0 Å². The van der Waals surface area contributed by atoms with E-state index in [-0.39, 0.29) is 12.5 Å². The van der Waals surface area contributed by atoms with Crippen LogP contribution >= 0.6 is 0 Å². The van der Waals surface area contributed by atoms with Gasteiger partial charge in [-0.05, 0) is 60.4 Å². The summed E-state index contributed by atoms with van der Waals surface area (Å²) in [5.74, 6) is 0.0975. The van der Waals surface area contributed by atoms with Crippen molar-refractivity contribution in [1.29, 1.82) is 0 Å². The molecular weight excluding hydrogens is 368 g/mol. The van der Waals surface area contributed by atoms with Gasteiger partial charge in [-0.1, -0.05) is 26.0 Å². The Labute approximate surface area is 169 Å². The van der Waals surface area contributed by atoms with Crippen LogP contribution in [-0.4, -0.2) is 28.2 Å². The SMILES string of the molecule is Cc1ccc(C(C)C)c(OCC(=O)NNC(=O)c2ccc(-n3cccn3)cc2)c1. The first-order valence-corrected chi connectivity index (χ1v) is 9.36. The topological polar surface area (TPSA) is 85.3 Å². The van der Waals surface area contributed by atoms with E-state index in [1.807, 2.05) is 37.4 Å². The maximum absolute atomic E-state index is 12.2. The van der Waals surface area contributed by atoms with E-state index in [1.54, 1.807) is 35.1 Å². The number of aryl methyl sites for hydroxylation is 1. The van der Waals surface area contributed by atoms with Crippen molar-refractivity contribution in [1.82, 2.24) is 20.6 Å². The Morgan fingerprint density at radius 1 is 1.10 bits per heavy atom. The summed E-state index contributed by atoms with van der Waals surface area (Å²) in [5, 5.41) is 4.13. The van der Waals surface area contributed by atoms with Crippen molar-refractivity contribution in [3.63, 3.8) is 0 Å². The largest absolute Gasteiger partial charge is 0.483 e. The maximum Gasteiger partial charge on any atom is 0.276 e. The maximum atomic E-state index is 12.2. The van der Waals surface area contributed by atoms with Gasteiger partial charge in [-0.3, -0.25) is 20.4 Å². The van der Waals surface area contributed by atoms with Gasteiger partial charge in [0.15, 0.2) is 6.61 Å². The van der Waals surface area contributed by atoms with Crippen molar-refractivity contribution < 1.29 is 14.3 Å². The summed E-state index contributed by atoms with van der Waals surface area (Å²) in [6.07, 6.45) is 3.49. The minimum atomic E-state index is -0.442. The van der Waals surface area contributed by atoms with E-state index in [1.165, 1.54) is 0 Å². The Bertz CT molecular complexity index is 980. The number of nitrogens with zero attached hydrogens (tertiary/aromatic N) is 2. The molecule has 7 nitrogen and oxygen atoms in total. The molecule has 0 fully saturated rings. The number of carbonyl (C=O) groups excluding carboxylic acids is 2. The predicted octanol–water partition coefficient (Wildman–Crippen LogP) is 3.14. The molecule has 3 rings (SSSR count). The van der Waals surface area contributed by atoms with Crippen LogP contribution in [0.1, 0.15) is 41.3 Å². The standard InChI is InChI=1S/C22H24N4O3/c1-15(2)19-10-5-16(3)13-20(19)29-14-21(27)24-25-22(28)17-6-8-18(9-7-17)26-12-4-11-23-26/h4-13,15H,14H2,1-3H3,(H,24,27)(H,25,28). The predicted molar refractivity (Wildman–Crippen MR) is 110 cm³/mol. The lowest BCUT2D eigenvalue weighted by atomic mass is 10.0. The Kier molecular flexibility index (Phi) is 6.29. The second-order valence-corrected chi connectivity index (χ2v) is 6.98. The lowest BCUT2D eigenvalue weighted by Crippen LogP contribution is -2.43. The average Bonchev–Trinajstić information content (AvgIpc) is 3.25. The van der Waals surface area contributed by atoms with Gasteiger partial charge in [-0.2, -0.15) is 5.10 Å². The average molecular weight is 392 g/mol. The monoisotopic (exact) mass is 392 g/mol. The Morgan fingerprint density at radius 2 is 1.86 bits per heavy atom. The molecule has 0 atom stereocenters. The number of ether oxygens (including phenoxy) is 1. The third kappa shape index (κ3) is 5.22. The molecule has 0 saturated carbocycles. The van der Waals surface area contributed by atoms with E-state index in [0.29, 0.717) is 11.3 Å². The first kappa shape index (κ1) is 20.1. The molecule has 1 aromatic heterocycles. The second-order valence-electron chi connectivity index (χ2n) is 6.98. The molecule has 1 heterocycles. The molecule has 29 heavy (non-hydrogen) atoms. The van der Waals surface area contributed by atoms with E-state index < -0.39 is 11.8 Å². The molecule has 0 unspecified atom stereocenters. The summed E-state index contributed by atoms with van der Waals surface area (Å²) < 4.78 is 7.36. The number of nitrogens with one attached hydrogen (secondary N) is 2. The van der Waals surface area contributed by atoms with E-state index in [4.69, 9.17) is 4.74 Å². The van der Waals surface area contributed by atoms with E-state index >= 15 is 0 Å². The molecule has 0 radical (unpaired) electrons. The molecule has 2 amide bonds. The van der Waals surface area contributed by atoms with Crippen LogP contribution in [-0.2, 0) is 4.79 Å². The number of carbonyl (C=O) groups is 2. The van der Waals surface area contributed by atoms with Gasteiger partial charge in [0.1, 0.15) is 5.75 Å². The van der Waals surface area contributed by atoms with Crippen LogP contribution < -0.4 is 15.6 Å². The van der Waals surface area contributed by atoms with Crippen molar-refractivity contribution >= 4 is 11.8 Å². The number of aromatic nitrogens is 2. The minimum Gasteiger partial charge on any atom is -0.483 e. The van der Waals surface area contributed by atoms with Crippen molar-refractivity contribution in [2.45, 2.75) is 26.7 Å². The van der Waals surface area contributed by atoms with Crippen molar-refractivity contribution in [3.8, 4) is 11.4 Å². The Balaban J connectivity index is 1.52. The summed E-state index contributed by atoms with van der Waals surface area (Å²) in [4.78, 5) is 24.3. The molecule has 3 aromatic rings. The zero-order valence-corrected chi connectivity index (χ0v) is 16.7. The van der Waals surface area contributed by atoms with Gasteiger partial charge in [-0.25, -0.2) is 4.68 Å². The summed E-state index contributed by atoms with van der Waals surface area (Å²) in [7, 11) is 0. The highest BCUT2D eigenvalue weighted by Crippen LogP contribution is 2.27. The smallest absolute Gasteiger partial charge is 0.276 e. The number of rotatable bonds is 6. The third-order valence-corrected chi connectivity index (χ3v) is 4.36. The molecule has 0 bridgehead atoms. The molecule has 7 heteroatoms. The van der Waals surface area contributed by atoms with Crippen LogP contribution in [0.3, 0.4) is 0 Å². The van der Waals surface area contributed by atoms with Crippen molar-refractivity contribution in [2.75, 3.05) is 6.61 Å². The van der Waals surface area contributed by atoms with E-state index in [2.05, 4.69) is 29.8 Å². The highest BCUT2D eigenvalue weighted by molar-refractivity contribution is 5.95. The van der Waals surface area contributed by atoms with Crippen LogP contribution in [0.2, 0.25) is 0 Å². The third-order valence-electron chi connectivity index (χ3n) is 4.36. The highest BCUT2D eigenvalue weighted by Gasteiger charge is 2.12. The summed E-state index contributed by atoms with van der Waals surface area (Å²) in [5.41, 5.74) is 8.11. The van der Waals surface area contributed by atoms with Gasteiger partial charge in [-0.15, -0.1) is 0 Å². The Hall–Kier alpha value is -3.61. The van der Waals surface area contributed by atoms with Gasteiger partial charge >= 0.3 is 0 Å². The van der Waals surface area contributed by atoms with Gasteiger partial charge in [0.25, 0.3) is 11.8 Å². The normalized spacial score (nSPS) is 10.6. The molecule has 0 aliphatic carbocycles. The fourth-order valence-electron chi connectivity index (χ4n) is 2.81. The van der Waals surface area contributed by atoms with Gasteiger partial charge in [0.05, 0.1) is 5.69 Å². The first-order valence-electron chi connectivity index (χ1n) is 9.36. The fraction of sp³-hybridized carbons (Fsp3) is 0.227. The zero-order chi connectivity index (χ0) is 20.8. The van der Waals surface area contributed by atoms with E-state index in [9.17, 15) is 9.59 Å². The molecule has 0 saturated heterocycles. The zero-order valence-electron chi connectivity index (χ0n) is 16.7. The van der Waals surface area contributed by atoms with Gasteiger partial charge in [0.2, 0.25) is 0 Å². The first-order chi connectivity index (χ1) is 13.9. The summed E-state index contributed by atoms with van der Waals surface area (Å²) in [6.45, 7) is 5.90. The van der Waals surface area contributed by atoms with Crippen molar-refractivity contribution in [2.24, 2.45) is 0 Å². The molecular formula is C22H24N4O3. The summed E-state index contributed by atoms with van der Waals surface area (Å²) in [6, 6.07) is 14.6. The molecule has 0 aliphatic heterocycles. The lowest BCUT2D eigenvalue weighted by Gasteiger charge is -2.15. The Morgan fingerprint density at radius 3 is 2.52 bits per heavy atom. The number of hydrogen-bond acceptors (Lipinski definition) is 4. The van der Waals surface area contributed by atoms with E-state index in [0.717, 1.165) is 16.8 Å². The van der Waals surface area contributed by atoms with Gasteiger partial charge < -0.3 is 4.74 Å². The highest BCUT2D eigenvalue weighted by atomic mass is 16.5. The van der Waals surface area contributed by atoms with Gasteiger partial charge in [0, 0.05) is 18.0 Å². The van der Waals surface area contributed by atoms with Crippen LogP contribution in [0.25, 0.3) is 5.69 Å². The number of benzene rings is 2. The van der Waals surface area contributed by atoms with Crippen molar-refractivity contribution in [3.05, 3.63) is 77.6 Å². The molecule has 2 aromatic carbocycles. The summed E-state index contributed by atoms with van der Waals surface area (Å²) >= 11 is 0. The van der Waals surface area contributed by atoms with Crippen LogP contribution in [0.15, 0.2) is 60.9 Å². The molecule has 2 N–H and O–H groups in total. The van der Waals surface area contributed by atoms with Crippen LogP contribution in [0, 0.1) is 6.92 Å². The lowest BCUT2D eigenvalue weighted by molar-refractivity contribution is -0.123. The molecule has 0 spiro atoms. The number of hydrazine groups is 1. The fourth-order valence-corrected chi connectivity index (χ4v) is 2.81. The van der Waals surface area contributed by atoms with Crippen LogP contribution in [0.5, 0.6) is 5.75 Å². The number of amides is 2. The number of hydrogen-bond donors (Lipinski definition) is 2. The quantitative estimate of drug-likeness (QED) is 0.631.